The summed E-state index contributed by atoms with van der Waals surface area (Å²) in [4.78, 5) is 37.3. The van der Waals surface area contributed by atoms with E-state index in [9.17, 15) is 14.4 Å². The highest BCUT2D eigenvalue weighted by Crippen LogP contribution is 2.30. The van der Waals surface area contributed by atoms with Crippen molar-refractivity contribution in [3.63, 3.8) is 0 Å². The van der Waals surface area contributed by atoms with E-state index in [1.807, 2.05) is 54.6 Å². The molecular formula is C27H26N2O6. The fourth-order valence-electron chi connectivity index (χ4n) is 3.58. The van der Waals surface area contributed by atoms with Crippen LogP contribution in [-0.2, 0) is 14.3 Å². The minimum Gasteiger partial charge on any atom is -0.486 e. The predicted octanol–water partition coefficient (Wildman–Crippen LogP) is 3.05. The van der Waals surface area contributed by atoms with Crippen LogP contribution in [-0.4, -0.2) is 43.6 Å². The monoisotopic (exact) mass is 474 g/mol. The van der Waals surface area contributed by atoms with Gasteiger partial charge in [-0.1, -0.05) is 60.7 Å². The van der Waals surface area contributed by atoms with Crippen molar-refractivity contribution in [3.05, 3.63) is 96.1 Å². The van der Waals surface area contributed by atoms with Gasteiger partial charge in [-0.05, 0) is 29.8 Å². The van der Waals surface area contributed by atoms with Crippen LogP contribution in [0.3, 0.4) is 0 Å². The minimum atomic E-state index is -0.604. The van der Waals surface area contributed by atoms with Gasteiger partial charge in [0.05, 0.1) is 19.0 Å². The standard InChI is InChI=1S/C27H26N2O6/c30-25(28-16-21-17-33-23-13-7-8-14-24(23)35-21)18-34-26(31)15-22(19-9-3-1-4-10-19)29-27(32)20-11-5-2-6-12-20/h1-14,21-22H,15-18H2,(H,28,30)(H,29,32). The first-order valence-corrected chi connectivity index (χ1v) is 11.3. The number of hydrogen-bond donors (Lipinski definition) is 2. The molecule has 8 nitrogen and oxygen atoms in total. The molecule has 2 N–H and O–H groups in total. The summed E-state index contributed by atoms with van der Waals surface area (Å²) >= 11 is 0. The molecular weight excluding hydrogens is 448 g/mol. The molecule has 3 aromatic carbocycles. The van der Waals surface area contributed by atoms with Crippen molar-refractivity contribution in [2.24, 2.45) is 0 Å². The molecule has 180 valence electrons. The van der Waals surface area contributed by atoms with Crippen LogP contribution in [0.25, 0.3) is 0 Å². The fourth-order valence-corrected chi connectivity index (χ4v) is 3.58. The second-order valence-electron chi connectivity index (χ2n) is 7.97. The number of benzene rings is 3. The Balaban J connectivity index is 1.26. The van der Waals surface area contributed by atoms with Crippen LogP contribution in [0.1, 0.15) is 28.4 Å². The first kappa shape index (κ1) is 23.8. The molecule has 8 heteroatoms. The smallest absolute Gasteiger partial charge is 0.308 e. The lowest BCUT2D eigenvalue weighted by atomic mass is 10.0. The Kier molecular flexibility index (Phi) is 7.96. The number of ether oxygens (including phenoxy) is 3. The molecule has 0 saturated heterocycles. The lowest BCUT2D eigenvalue weighted by Gasteiger charge is -2.26. The molecule has 1 aliphatic rings. The Morgan fingerprint density at radius 1 is 0.886 bits per heavy atom. The maximum Gasteiger partial charge on any atom is 0.308 e. The molecule has 0 radical (unpaired) electrons. The first-order chi connectivity index (χ1) is 17.1. The number of carbonyl (C=O) groups is 3. The van der Waals surface area contributed by atoms with E-state index in [2.05, 4.69) is 10.6 Å². The van der Waals surface area contributed by atoms with Gasteiger partial charge in [-0.25, -0.2) is 0 Å². The van der Waals surface area contributed by atoms with Crippen molar-refractivity contribution < 1.29 is 28.6 Å². The van der Waals surface area contributed by atoms with Crippen LogP contribution in [0.2, 0.25) is 0 Å². The third-order valence-electron chi connectivity index (χ3n) is 5.37. The largest absolute Gasteiger partial charge is 0.486 e. The van der Waals surface area contributed by atoms with E-state index in [4.69, 9.17) is 14.2 Å². The zero-order valence-corrected chi connectivity index (χ0v) is 19.0. The lowest BCUT2D eigenvalue weighted by Crippen LogP contribution is -2.42. The Hall–Kier alpha value is -4.33. The maximum absolute atomic E-state index is 12.6. The quantitative estimate of drug-likeness (QED) is 0.462. The zero-order chi connectivity index (χ0) is 24.5. The summed E-state index contributed by atoms with van der Waals surface area (Å²) in [6.07, 6.45) is -0.466. The molecule has 2 unspecified atom stereocenters. The zero-order valence-electron chi connectivity index (χ0n) is 19.0. The average molecular weight is 475 g/mol. The molecule has 0 aromatic heterocycles. The van der Waals surface area contributed by atoms with Gasteiger partial charge in [-0.2, -0.15) is 0 Å². The van der Waals surface area contributed by atoms with Crippen LogP contribution in [0.5, 0.6) is 11.5 Å². The molecule has 0 saturated carbocycles. The number of nitrogens with one attached hydrogen (secondary N) is 2. The predicted molar refractivity (Wildman–Crippen MR) is 128 cm³/mol. The third-order valence-corrected chi connectivity index (χ3v) is 5.37. The highest BCUT2D eigenvalue weighted by molar-refractivity contribution is 5.94. The number of amides is 2. The maximum atomic E-state index is 12.6. The highest BCUT2D eigenvalue weighted by Gasteiger charge is 2.23. The van der Waals surface area contributed by atoms with E-state index in [0.717, 1.165) is 5.56 Å². The van der Waals surface area contributed by atoms with Crippen LogP contribution in [0, 0.1) is 0 Å². The molecule has 4 rings (SSSR count). The molecule has 1 aliphatic heterocycles. The van der Waals surface area contributed by atoms with Crippen LogP contribution in [0.15, 0.2) is 84.9 Å². The fraction of sp³-hybridized carbons (Fsp3) is 0.222. The normalized spacial score (nSPS) is 14.9. The summed E-state index contributed by atoms with van der Waals surface area (Å²) in [6.45, 7) is 0.0819. The van der Waals surface area contributed by atoms with Crippen LogP contribution in [0.4, 0.5) is 0 Å². The van der Waals surface area contributed by atoms with E-state index in [1.54, 1.807) is 30.3 Å². The van der Waals surface area contributed by atoms with Crippen molar-refractivity contribution in [2.45, 2.75) is 18.6 Å². The van der Waals surface area contributed by atoms with Gasteiger partial charge in [0.1, 0.15) is 12.7 Å². The molecule has 35 heavy (non-hydrogen) atoms. The number of hydrogen-bond acceptors (Lipinski definition) is 6. The number of fused-ring (bicyclic) bond motifs is 1. The summed E-state index contributed by atoms with van der Waals surface area (Å²) < 4.78 is 16.6. The molecule has 2 amide bonds. The molecule has 0 aliphatic carbocycles. The van der Waals surface area contributed by atoms with Crippen molar-refractivity contribution in [2.75, 3.05) is 19.8 Å². The number of rotatable bonds is 9. The first-order valence-electron chi connectivity index (χ1n) is 11.3. The molecule has 0 bridgehead atoms. The Morgan fingerprint density at radius 3 is 2.29 bits per heavy atom. The summed E-state index contributed by atoms with van der Waals surface area (Å²) in [5.74, 6) is -0.0783. The Bertz CT molecular complexity index is 1150. The number of esters is 1. The average Bonchev–Trinajstić information content (AvgIpc) is 2.91. The van der Waals surface area contributed by atoms with Gasteiger partial charge >= 0.3 is 5.97 Å². The second kappa shape index (κ2) is 11.7. The summed E-state index contributed by atoms with van der Waals surface area (Å²) in [6, 6.07) is 24.6. The van der Waals surface area contributed by atoms with Gasteiger partial charge in [0.25, 0.3) is 11.8 Å². The Morgan fingerprint density at radius 2 is 1.54 bits per heavy atom. The van der Waals surface area contributed by atoms with Crippen molar-refractivity contribution in [1.82, 2.24) is 10.6 Å². The lowest BCUT2D eigenvalue weighted by molar-refractivity contribution is -0.149. The summed E-state index contributed by atoms with van der Waals surface area (Å²) in [5.41, 5.74) is 1.24. The Labute approximate surface area is 203 Å². The molecule has 0 fully saturated rings. The van der Waals surface area contributed by atoms with Crippen LogP contribution < -0.4 is 20.1 Å². The van der Waals surface area contributed by atoms with E-state index in [-0.39, 0.29) is 25.0 Å². The van der Waals surface area contributed by atoms with E-state index < -0.39 is 24.5 Å². The number of carbonyl (C=O) groups excluding carboxylic acids is 3. The third kappa shape index (κ3) is 6.83. The summed E-state index contributed by atoms with van der Waals surface area (Å²) in [5, 5.41) is 5.56. The minimum absolute atomic E-state index is 0.119. The van der Waals surface area contributed by atoms with E-state index in [1.165, 1.54) is 0 Å². The highest BCUT2D eigenvalue weighted by atomic mass is 16.6. The van der Waals surface area contributed by atoms with Gasteiger partial charge in [-0.3, -0.25) is 14.4 Å². The SMILES string of the molecule is O=C(COC(=O)CC(NC(=O)c1ccccc1)c1ccccc1)NCC1COc2ccccc2O1. The van der Waals surface area contributed by atoms with Gasteiger partial charge < -0.3 is 24.8 Å². The van der Waals surface area contributed by atoms with Gasteiger partial charge in [-0.15, -0.1) is 0 Å². The van der Waals surface area contributed by atoms with Crippen LogP contribution >= 0.6 is 0 Å². The van der Waals surface area contributed by atoms with E-state index in [0.29, 0.717) is 23.7 Å². The number of para-hydroxylation sites is 2. The van der Waals surface area contributed by atoms with Crippen molar-refractivity contribution in [3.8, 4) is 11.5 Å². The van der Waals surface area contributed by atoms with Gasteiger partial charge in [0, 0.05) is 5.56 Å². The van der Waals surface area contributed by atoms with Gasteiger partial charge in [0.2, 0.25) is 0 Å². The molecule has 2 atom stereocenters. The van der Waals surface area contributed by atoms with Crippen molar-refractivity contribution in [1.29, 1.82) is 0 Å². The second-order valence-corrected chi connectivity index (χ2v) is 7.97. The van der Waals surface area contributed by atoms with Gasteiger partial charge in [0.15, 0.2) is 18.1 Å². The summed E-state index contributed by atoms with van der Waals surface area (Å²) in [7, 11) is 0. The van der Waals surface area contributed by atoms with E-state index >= 15 is 0 Å². The van der Waals surface area contributed by atoms with Crippen molar-refractivity contribution >= 4 is 17.8 Å². The topological polar surface area (TPSA) is 103 Å². The molecule has 1 heterocycles. The molecule has 0 spiro atoms. The molecule has 3 aromatic rings.